The van der Waals surface area contributed by atoms with Gasteiger partial charge >= 0.3 is 6.09 Å². The van der Waals surface area contributed by atoms with Crippen molar-refractivity contribution in [3.8, 4) is 0 Å². The van der Waals surface area contributed by atoms with Crippen LogP contribution in [0.3, 0.4) is 0 Å². The smallest absolute Gasteiger partial charge is 0.407 e. The van der Waals surface area contributed by atoms with Gasteiger partial charge in [0.1, 0.15) is 5.60 Å². The summed E-state index contributed by atoms with van der Waals surface area (Å²) in [4.78, 5) is 15.1. The molecule has 1 amide bonds. The van der Waals surface area contributed by atoms with Crippen molar-refractivity contribution in [2.75, 3.05) is 6.54 Å². The van der Waals surface area contributed by atoms with E-state index in [9.17, 15) is 4.79 Å². The van der Waals surface area contributed by atoms with Crippen molar-refractivity contribution in [3.63, 3.8) is 0 Å². The average Bonchev–Trinajstić information content (AvgIpc) is 2.48. The van der Waals surface area contributed by atoms with Crippen molar-refractivity contribution in [1.29, 1.82) is 0 Å². The zero-order valence-corrected chi connectivity index (χ0v) is 10.4. The van der Waals surface area contributed by atoms with Crippen LogP contribution in [-0.2, 0) is 11.3 Å². The van der Waals surface area contributed by atoms with Crippen molar-refractivity contribution in [2.24, 2.45) is 0 Å². The number of nitrogens with one attached hydrogen (secondary N) is 1. The van der Waals surface area contributed by atoms with Gasteiger partial charge in [-0.25, -0.2) is 9.78 Å². The summed E-state index contributed by atoms with van der Waals surface area (Å²) >= 11 is 5.77. The van der Waals surface area contributed by atoms with Gasteiger partial charge in [-0.15, -0.1) is 0 Å². The molecule has 1 rings (SSSR count). The summed E-state index contributed by atoms with van der Waals surface area (Å²) in [5, 5.41) is 3.04. The van der Waals surface area contributed by atoms with Crippen molar-refractivity contribution in [1.82, 2.24) is 14.9 Å². The first-order valence-corrected chi connectivity index (χ1v) is 5.40. The van der Waals surface area contributed by atoms with E-state index in [1.807, 2.05) is 20.8 Å². The highest BCUT2D eigenvalue weighted by atomic mass is 35.5. The lowest BCUT2D eigenvalue weighted by molar-refractivity contribution is 0.0526. The van der Waals surface area contributed by atoms with Crippen LogP contribution in [0.1, 0.15) is 20.8 Å². The van der Waals surface area contributed by atoms with Crippen LogP contribution in [0.4, 0.5) is 4.79 Å². The summed E-state index contributed by atoms with van der Waals surface area (Å²) in [5.41, 5.74) is -0.475. The Bertz CT molecular complexity index is 357. The van der Waals surface area contributed by atoms with E-state index in [2.05, 4.69) is 10.3 Å². The number of alkyl carbamates (subject to hydrolysis) is 1. The lowest BCUT2D eigenvalue weighted by atomic mass is 10.2. The summed E-state index contributed by atoms with van der Waals surface area (Å²) < 4.78 is 6.81. The molecule has 0 radical (unpaired) electrons. The van der Waals surface area contributed by atoms with Crippen LogP contribution in [0.2, 0.25) is 5.28 Å². The fourth-order valence-electron chi connectivity index (χ4n) is 1.07. The van der Waals surface area contributed by atoms with Gasteiger partial charge in [-0.2, -0.15) is 0 Å². The fraction of sp³-hybridized carbons (Fsp3) is 0.600. The average molecular weight is 246 g/mol. The van der Waals surface area contributed by atoms with Gasteiger partial charge in [-0.1, -0.05) is 0 Å². The zero-order chi connectivity index (χ0) is 12.2. The van der Waals surface area contributed by atoms with E-state index in [0.29, 0.717) is 18.4 Å². The number of rotatable bonds is 3. The van der Waals surface area contributed by atoms with Crippen LogP contribution in [0.5, 0.6) is 0 Å². The molecule has 0 fully saturated rings. The molecule has 0 bridgehead atoms. The summed E-state index contributed by atoms with van der Waals surface area (Å²) in [7, 11) is 0. The van der Waals surface area contributed by atoms with Gasteiger partial charge < -0.3 is 14.6 Å². The van der Waals surface area contributed by atoms with Gasteiger partial charge in [-0.05, 0) is 32.4 Å². The van der Waals surface area contributed by atoms with Gasteiger partial charge in [0, 0.05) is 25.5 Å². The summed E-state index contributed by atoms with van der Waals surface area (Å²) in [6.07, 6.45) is 2.93. The molecular weight excluding hydrogens is 230 g/mol. The maximum absolute atomic E-state index is 11.3. The Balaban J connectivity index is 2.26. The monoisotopic (exact) mass is 245 g/mol. The number of carbonyl (C=O) groups excluding carboxylic acids is 1. The fourth-order valence-corrected chi connectivity index (χ4v) is 1.27. The number of nitrogens with zero attached hydrogens (tertiary/aromatic N) is 2. The third-order valence-corrected chi connectivity index (χ3v) is 2.00. The lowest BCUT2D eigenvalue weighted by Crippen LogP contribution is -2.34. The van der Waals surface area contributed by atoms with Crippen LogP contribution < -0.4 is 5.32 Å². The number of amides is 1. The number of halogens is 1. The van der Waals surface area contributed by atoms with E-state index >= 15 is 0 Å². The second kappa shape index (κ2) is 5.21. The highest BCUT2D eigenvalue weighted by molar-refractivity contribution is 6.28. The number of ether oxygens (including phenoxy) is 1. The topological polar surface area (TPSA) is 56.1 Å². The Morgan fingerprint density at radius 3 is 2.81 bits per heavy atom. The van der Waals surface area contributed by atoms with Crippen LogP contribution in [0, 0.1) is 0 Å². The minimum Gasteiger partial charge on any atom is -0.444 e. The molecule has 1 aromatic rings. The Hall–Kier alpha value is -1.23. The minimum atomic E-state index is -0.475. The molecule has 0 atom stereocenters. The molecule has 1 heterocycles. The quantitative estimate of drug-likeness (QED) is 0.887. The summed E-state index contributed by atoms with van der Waals surface area (Å²) in [6.45, 7) is 6.47. The molecule has 0 aliphatic rings. The Kier molecular flexibility index (Phi) is 4.18. The zero-order valence-electron chi connectivity index (χ0n) is 9.66. The number of hydrogen-bond donors (Lipinski definition) is 1. The van der Waals surface area contributed by atoms with Gasteiger partial charge in [0.15, 0.2) is 0 Å². The maximum Gasteiger partial charge on any atom is 0.407 e. The molecule has 90 valence electrons. The van der Waals surface area contributed by atoms with Crippen molar-refractivity contribution in [3.05, 3.63) is 17.7 Å². The van der Waals surface area contributed by atoms with Crippen LogP contribution >= 0.6 is 11.6 Å². The first-order valence-electron chi connectivity index (χ1n) is 5.02. The molecule has 0 saturated carbocycles. The predicted octanol–water partition coefficient (Wildman–Crippen LogP) is 2.06. The van der Waals surface area contributed by atoms with E-state index in [1.165, 1.54) is 0 Å². The standard InChI is InChI=1S/C10H16ClN3O2/c1-10(2,3)16-9(15)13-5-7-14-6-4-12-8(14)11/h4,6H,5,7H2,1-3H3,(H,13,15). The molecule has 0 aliphatic carbocycles. The predicted molar refractivity (Wildman–Crippen MR) is 61.5 cm³/mol. The summed E-state index contributed by atoms with van der Waals surface area (Å²) in [6, 6.07) is 0. The molecule has 0 aromatic carbocycles. The third-order valence-electron chi connectivity index (χ3n) is 1.69. The normalized spacial score (nSPS) is 11.2. The molecule has 1 aromatic heterocycles. The highest BCUT2D eigenvalue weighted by Crippen LogP contribution is 2.06. The van der Waals surface area contributed by atoms with E-state index < -0.39 is 11.7 Å². The molecule has 0 unspecified atom stereocenters. The molecular formula is C10H16ClN3O2. The van der Waals surface area contributed by atoms with Crippen LogP contribution in [0.25, 0.3) is 0 Å². The lowest BCUT2D eigenvalue weighted by Gasteiger charge is -2.19. The van der Waals surface area contributed by atoms with Crippen molar-refractivity contribution < 1.29 is 9.53 Å². The minimum absolute atomic E-state index is 0.408. The Morgan fingerprint density at radius 1 is 1.62 bits per heavy atom. The molecule has 16 heavy (non-hydrogen) atoms. The number of imidazole rings is 1. The molecule has 0 saturated heterocycles. The molecule has 0 aliphatic heterocycles. The molecule has 1 N–H and O–H groups in total. The SMILES string of the molecule is CC(C)(C)OC(=O)NCCn1ccnc1Cl. The second-order valence-electron chi connectivity index (χ2n) is 4.32. The third kappa shape index (κ3) is 4.53. The van der Waals surface area contributed by atoms with Crippen molar-refractivity contribution >= 4 is 17.7 Å². The van der Waals surface area contributed by atoms with Crippen LogP contribution in [-0.4, -0.2) is 27.8 Å². The number of carbonyl (C=O) groups is 1. The number of hydrogen-bond acceptors (Lipinski definition) is 3. The maximum atomic E-state index is 11.3. The first kappa shape index (κ1) is 12.8. The van der Waals surface area contributed by atoms with Gasteiger partial charge in [0.25, 0.3) is 0 Å². The Labute approximate surface area is 99.8 Å². The van der Waals surface area contributed by atoms with Gasteiger partial charge in [-0.3, -0.25) is 0 Å². The van der Waals surface area contributed by atoms with E-state index in [-0.39, 0.29) is 0 Å². The van der Waals surface area contributed by atoms with E-state index in [0.717, 1.165) is 0 Å². The summed E-state index contributed by atoms with van der Waals surface area (Å²) in [5.74, 6) is 0. The van der Waals surface area contributed by atoms with E-state index in [4.69, 9.17) is 16.3 Å². The van der Waals surface area contributed by atoms with Gasteiger partial charge in [0.2, 0.25) is 5.28 Å². The molecule has 6 heteroatoms. The highest BCUT2D eigenvalue weighted by Gasteiger charge is 2.15. The number of aromatic nitrogens is 2. The largest absolute Gasteiger partial charge is 0.444 e. The second-order valence-corrected chi connectivity index (χ2v) is 4.66. The van der Waals surface area contributed by atoms with Gasteiger partial charge in [0.05, 0.1) is 0 Å². The van der Waals surface area contributed by atoms with Crippen LogP contribution in [0.15, 0.2) is 12.4 Å². The molecule has 5 nitrogen and oxygen atoms in total. The molecule has 0 spiro atoms. The van der Waals surface area contributed by atoms with Crippen molar-refractivity contribution in [2.45, 2.75) is 32.9 Å². The Morgan fingerprint density at radius 2 is 2.31 bits per heavy atom. The first-order chi connectivity index (χ1) is 7.38. The van der Waals surface area contributed by atoms with E-state index in [1.54, 1.807) is 17.0 Å².